The van der Waals surface area contributed by atoms with Crippen molar-refractivity contribution >= 4 is 17.6 Å². The molecule has 1 aromatic carbocycles. The minimum absolute atomic E-state index is 0.0469. The van der Waals surface area contributed by atoms with Gasteiger partial charge in [0.2, 0.25) is 0 Å². The van der Waals surface area contributed by atoms with Gasteiger partial charge in [-0.15, -0.1) is 0 Å². The van der Waals surface area contributed by atoms with Crippen molar-refractivity contribution in [1.29, 1.82) is 0 Å². The number of aromatic nitrogens is 1. The number of rotatable bonds is 3. The third-order valence-corrected chi connectivity index (χ3v) is 2.45. The number of aromatic hydroxyl groups is 1. The van der Waals surface area contributed by atoms with Gasteiger partial charge in [-0.05, 0) is 24.3 Å². The first kappa shape index (κ1) is 13.5. The van der Waals surface area contributed by atoms with Crippen LogP contribution >= 0.6 is 0 Å². The number of nitrogens with one attached hydrogen (secondary N) is 1. The van der Waals surface area contributed by atoms with Crippen LogP contribution in [-0.2, 0) is 0 Å². The minimum atomic E-state index is -1.37. The first-order valence-corrected chi connectivity index (χ1v) is 5.45. The number of benzene rings is 1. The lowest BCUT2D eigenvalue weighted by molar-refractivity contribution is 0.0697. The number of amides is 1. The van der Waals surface area contributed by atoms with Crippen LogP contribution in [0.3, 0.4) is 0 Å². The Morgan fingerprint density at radius 1 is 1.20 bits per heavy atom. The Balaban J connectivity index is 2.30. The van der Waals surface area contributed by atoms with Gasteiger partial charge in [-0.2, -0.15) is 0 Å². The van der Waals surface area contributed by atoms with Gasteiger partial charge in [0.25, 0.3) is 5.91 Å². The van der Waals surface area contributed by atoms with Crippen molar-refractivity contribution in [1.82, 2.24) is 4.98 Å². The van der Waals surface area contributed by atoms with Crippen LogP contribution < -0.4 is 5.32 Å². The molecule has 2 aromatic rings. The van der Waals surface area contributed by atoms with Crippen LogP contribution in [0.2, 0.25) is 0 Å². The van der Waals surface area contributed by atoms with Crippen molar-refractivity contribution in [3.05, 3.63) is 53.6 Å². The monoisotopic (exact) mass is 276 g/mol. The fourth-order valence-corrected chi connectivity index (χ4v) is 1.55. The zero-order valence-corrected chi connectivity index (χ0v) is 10.0. The van der Waals surface area contributed by atoms with E-state index in [2.05, 4.69) is 10.3 Å². The maximum Gasteiger partial charge on any atom is 0.337 e. The minimum Gasteiger partial charge on any atom is -0.506 e. The topological polar surface area (TPSA) is 99.5 Å². The number of halogens is 1. The molecule has 102 valence electrons. The molecule has 0 atom stereocenters. The molecule has 0 bridgehead atoms. The molecule has 0 unspecified atom stereocenters. The van der Waals surface area contributed by atoms with Gasteiger partial charge >= 0.3 is 5.97 Å². The van der Waals surface area contributed by atoms with E-state index in [0.29, 0.717) is 0 Å². The summed E-state index contributed by atoms with van der Waals surface area (Å²) in [6, 6.07) is 4.15. The highest BCUT2D eigenvalue weighted by atomic mass is 19.1. The highest BCUT2D eigenvalue weighted by Crippen LogP contribution is 2.18. The molecule has 0 aliphatic carbocycles. The predicted molar refractivity (Wildman–Crippen MR) is 67.2 cm³/mol. The number of hydrogen-bond donors (Lipinski definition) is 3. The third kappa shape index (κ3) is 2.89. The Labute approximate surface area is 112 Å². The second kappa shape index (κ2) is 5.35. The average Bonchev–Trinajstić information content (AvgIpc) is 2.40. The van der Waals surface area contributed by atoms with Crippen molar-refractivity contribution in [2.24, 2.45) is 0 Å². The van der Waals surface area contributed by atoms with Crippen LogP contribution in [0.4, 0.5) is 10.1 Å². The van der Waals surface area contributed by atoms with E-state index in [1.165, 1.54) is 12.3 Å². The summed E-state index contributed by atoms with van der Waals surface area (Å²) < 4.78 is 13.0. The number of nitrogens with zero attached hydrogens (tertiary/aromatic N) is 1. The van der Waals surface area contributed by atoms with Crippen LogP contribution in [0.25, 0.3) is 0 Å². The highest BCUT2D eigenvalue weighted by Gasteiger charge is 2.15. The molecular formula is C13H9FN2O4. The van der Waals surface area contributed by atoms with Crippen LogP contribution in [-0.4, -0.2) is 27.1 Å². The summed E-state index contributed by atoms with van der Waals surface area (Å²) in [5.41, 5.74) is -0.371. The summed E-state index contributed by atoms with van der Waals surface area (Å²) in [5, 5.41) is 20.5. The molecule has 1 heterocycles. The van der Waals surface area contributed by atoms with Crippen molar-refractivity contribution in [2.45, 2.75) is 0 Å². The van der Waals surface area contributed by atoms with Crippen molar-refractivity contribution < 1.29 is 24.2 Å². The summed E-state index contributed by atoms with van der Waals surface area (Å²) in [6.07, 6.45) is 2.36. The van der Waals surface area contributed by atoms with Gasteiger partial charge in [0, 0.05) is 6.20 Å². The molecule has 2 rings (SSSR count). The molecule has 0 fully saturated rings. The highest BCUT2D eigenvalue weighted by molar-refractivity contribution is 6.07. The standard InChI is InChI=1S/C13H9FN2O4/c14-8-1-2-11(10(4-8)13(19)20)16-12(18)7-3-9(17)6-15-5-7/h1-6,17H,(H,16,18)(H,19,20). The van der Waals surface area contributed by atoms with Gasteiger partial charge in [0.1, 0.15) is 11.6 Å². The van der Waals surface area contributed by atoms with E-state index in [1.807, 2.05) is 0 Å². The van der Waals surface area contributed by atoms with E-state index in [-0.39, 0.29) is 22.6 Å². The summed E-state index contributed by atoms with van der Waals surface area (Å²) in [6.45, 7) is 0. The number of carbonyl (C=O) groups is 2. The zero-order valence-electron chi connectivity index (χ0n) is 10.0. The number of pyridine rings is 1. The molecule has 0 saturated carbocycles. The number of anilines is 1. The number of carboxylic acids is 1. The summed E-state index contributed by atoms with van der Waals surface area (Å²) in [5.74, 6) is -2.95. The number of aromatic carboxylic acids is 1. The van der Waals surface area contributed by atoms with E-state index in [4.69, 9.17) is 5.11 Å². The van der Waals surface area contributed by atoms with Gasteiger partial charge in [-0.1, -0.05) is 0 Å². The third-order valence-electron chi connectivity index (χ3n) is 2.45. The SMILES string of the molecule is O=C(Nc1ccc(F)cc1C(=O)O)c1cncc(O)c1. The Hall–Kier alpha value is -2.96. The molecule has 0 radical (unpaired) electrons. The van der Waals surface area contributed by atoms with Crippen LogP contribution in [0, 0.1) is 5.82 Å². The Morgan fingerprint density at radius 3 is 2.60 bits per heavy atom. The quantitative estimate of drug-likeness (QED) is 0.794. The average molecular weight is 276 g/mol. The maximum atomic E-state index is 13.0. The number of carboxylic acid groups (broad SMARTS) is 1. The lowest BCUT2D eigenvalue weighted by Gasteiger charge is -2.08. The van der Waals surface area contributed by atoms with Gasteiger partial charge in [-0.25, -0.2) is 9.18 Å². The van der Waals surface area contributed by atoms with Gasteiger partial charge in [0.15, 0.2) is 0 Å². The summed E-state index contributed by atoms with van der Waals surface area (Å²) in [7, 11) is 0. The maximum absolute atomic E-state index is 13.0. The van der Waals surface area contributed by atoms with Gasteiger partial charge < -0.3 is 15.5 Å². The largest absolute Gasteiger partial charge is 0.506 e. The zero-order chi connectivity index (χ0) is 14.7. The number of carbonyl (C=O) groups excluding carboxylic acids is 1. The molecule has 7 heteroatoms. The molecule has 20 heavy (non-hydrogen) atoms. The van der Waals surface area contributed by atoms with E-state index in [0.717, 1.165) is 24.4 Å². The van der Waals surface area contributed by atoms with Crippen LogP contribution in [0.1, 0.15) is 20.7 Å². The second-order valence-electron chi connectivity index (χ2n) is 3.88. The first-order valence-electron chi connectivity index (χ1n) is 5.45. The molecule has 0 aliphatic rings. The van der Waals surface area contributed by atoms with Gasteiger partial charge in [-0.3, -0.25) is 9.78 Å². The van der Waals surface area contributed by atoms with Crippen LogP contribution in [0.15, 0.2) is 36.7 Å². The van der Waals surface area contributed by atoms with E-state index < -0.39 is 17.7 Å². The van der Waals surface area contributed by atoms with Gasteiger partial charge in [0.05, 0.1) is 23.0 Å². The normalized spacial score (nSPS) is 10.1. The molecule has 1 amide bonds. The summed E-state index contributed by atoms with van der Waals surface area (Å²) in [4.78, 5) is 26.5. The first-order chi connectivity index (χ1) is 9.47. The van der Waals surface area contributed by atoms with E-state index >= 15 is 0 Å². The van der Waals surface area contributed by atoms with Crippen molar-refractivity contribution in [2.75, 3.05) is 5.32 Å². The van der Waals surface area contributed by atoms with Crippen molar-refractivity contribution in [3.63, 3.8) is 0 Å². The molecule has 0 spiro atoms. The Kier molecular flexibility index (Phi) is 3.60. The molecule has 3 N–H and O–H groups in total. The van der Waals surface area contributed by atoms with E-state index in [1.54, 1.807) is 0 Å². The summed E-state index contributed by atoms with van der Waals surface area (Å²) >= 11 is 0. The lowest BCUT2D eigenvalue weighted by atomic mass is 10.1. The predicted octanol–water partition coefficient (Wildman–Crippen LogP) is 1.88. The molecular weight excluding hydrogens is 267 g/mol. The fraction of sp³-hybridized carbons (Fsp3) is 0. The Morgan fingerprint density at radius 2 is 1.95 bits per heavy atom. The molecule has 0 aliphatic heterocycles. The fourth-order valence-electron chi connectivity index (χ4n) is 1.55. The number of hydrogen-bond acceptors (Lipinski definition) is 4. The Bertz CT molecular complexity index is 688. The van der Waals surface area contributed by atoms with Crippen molar-refractivity contribution in [3.8, 4) is 5.75 Å². The van der Waals surface area contributed by atoms with Crippen LogP contribution in [0.5, 0.6) is 5.75 Å². The molecule has 6 nitrogen and oxygen atoms in total. The molecule has 0 saturated heterocycles. The molecule has 1 aromatic heterocycles. The van der Waals surface area contributed by atoms with E-state index in [9.17, 15) is 19.1 Å². The smallest absolute Gasteiger partial charge is 0.337 e. The lowest BCUT2D eigenvalue weighted by Crippen LogP contribution is -2.15. The second-order valence-corrected chi connectivity index (χ2v) is 3.88.